The number of hydrogen-bond donors (Lipinski definition) is 1. The van der Waals surface area contributed by atoms with Crippen LogP contribution >= 0.6 is 23.2 Å². The minimum atomic E-state index is -0.454. The van der Waals surface area contributed by atoms with Crippen LogP contribution in [0.25, 0.3) is 0 Å². The molecule has 28 heavy (non-hydrogen) atoms. The molecule has 6 nitrogen and oxygen atoms in total. The molecule has 0 aliphatic rings. The molecule has 3 aromatic carbocycles. The van der Waals surface area contributed by atoms with Crippen LogP contribution in [0.2, 0.25) is 10.0 Å². The molecule has 8 heteroatoms. The van der Waals surface area contributed by atoms with Crippen molar-refractivity contribution in [2.45, 2.75) is 6.61 Å². The summed E-state index contributed by atoms with van der Waals surface area (Å²) in [6.07, 6.45) is 1.61. The number of hydrazone groups is 1. The highest BCUT2D eigenvalue weighted by molar-refractivity contribution is 6.35. The summed E-state index contributed by atoms with van der Waals surface area (Å²) in [4.78, 5) is 10.3. The zero-order valence-corrected chi connectivity index (χ0v) is 16.0. The minimum absolute atomic E-state index is 0.00231. The third-order valence-corrected chi connectivity index (χ3v) is 4.34. The highest BCUT2D eigenvalue weighted by atomic mass is 35.5. The molecule has 3 rings (SSSR count). The van der Waals surface area contributed by atoms with Gasteiger partial charge < -0.3 is 4.74 Å². The van der Waals surface area contributed by atoms with Gasteiger partial charge >= 0.3 is 0 Å². The van der Waals surface area contributed by atoms with E-state index in [0.29, 0.717) is 28.1 Å². The van der Waals surface area contributed by atoms with Crippen molar-refractivity contribution in [3.63, 3.8) is 0 Å². The van der Waals surface area contributed by atoms with Crippen molar-refractivity contribution in [3.8, 4) is 5.75 Å². The molecule has 0 fully saturated rings. The Morgan fingerprint density at radius 3 is 2.57 bits per heavy atom. The Kier molecular flexibility index (Phi) is 6.47. The number of anilines is 1. The molecule has 0 aliphatic heterocycles. The summed E-state index contributed by atoms with van der Waals surface area (Å²) in [6.45, 7) is 0.331. The van der Waals surface area contributed by atoms with Crippen LogP contribution in [0.4, 0.5) is 11.4 Å². The molecule has 0 radical (unpaired) electrons. The molecule has 0 atom stereocenters. The molecule has 3 aromatic rings. The van der Waals surface area contributed by atoms with Gasteiger partial charge in [0, 0.05) is 27.7 Å². The van der Waals surface area contributed by atoms with E-state index in [4.69, 9.17) is 27.9 Å². The smallest absolute Gasteiger partial charge is 0.271 e. The zero-order chi connectivity index (χ0) is 19.9. The fraction of sp³-hybridized carbons (Fsp3) is 0.0500. The maximum Gasteiger partial charge on any atom is 0.271 e. The summed E-state index contributed by atoms with van der Waals surface area (Å²) in [6, 6.07) is 18.7. The van der Waals surface area contributed by atoms with E-state index in [1.165, 1.54) is 12.1 Å². The lowest BCUT2D eigenvalue weighted by Crippen LogP contribution is -1.96. The van der Waals surface area contributed by atoms with E-state index in [9.17, 15) is 10.1 Å². The number of benzene rings is 3. The lowest BCUT2D eigenvalue weighted by molar-refractivity contribution is -0.384. The quantitative estimate of drug-likeness (QED) is 0.294. The van der Waals surface area contributed by atoms with Crippen LogP contribution in [0.15, 0.2) is 71.8 Å². The summed E-state index contributed by atoms with van der Waals surface area (Å²) in [5, 5.41) is 16.0. The number of nitrogens with one attached hydrogen (secondary N) is 1. The largest absolute Gasteiger partial charge is 0.489 e. The summed E-state index contributed by atoms with van der Waals surface area (Å²) in [7, 11) is 0. The number of rotatable bonds is 7. The maximum atomic E-state index is 10.8. The fourth-order valence-corrected chi connectivity index (χ4v) is 2.78. The van der Waals surface area contributed by atoms with E-state index in [1.807, 2.05) is 30.3 Å². The van der Waals surface area contributed by atoms with Crippen LogP contribution in [-0.4, -0.2) is 11.1 Å². The number of nitro groups is 1. The Morgan fingerprint density at radius 2 is 1.86 bits per heavy atom. The number of nitrogens with zero attached hydrogens (tertiary/aromatic N) is 2. The fourth-order valence-electron chi connectivity index (χ4n) is 2.32. The van der Waals surface area contributed by atoms with E-state index in [1.54, 1.807) is 30.5 Å². The first-order valence-electron chi connectivity index (χ1n) is 8.21. The Labute approximate surface area is 171 Å². The molecule has 0 spiro atoms. The molecule has 1 N–H and O–H groups in total. The highest BCUT2D eigenvalue weighted by Crippen LogP contribution is 2.23. The molecular weight excluding hydrogens is 401 g/mol. The Bertz CT molecular complexity index is 1010. The molecular formula is C20H15Cl2N3O3. The van der Waals surface area contributed by atoms with Gasteiger partial charge in [-0.25, -0.2) is 0 Å². The van der Waals surface area contributed by atoms with Crippen molar-refractivity contribution < 1.29 is 9.66 Å². The molecule has 0 saturated carbocycles. The highest BCUT2D eigenvalue weighted by Gasteiger charge is 2.05. The normalized spacial score (nSPS) is 10.8. The van der Waals surface area contributed by atoms with Crippen LogP contribution < -0.4 is 10.2 Å². The number of non-ortho nitro benzene ring substituents is 1. The van der Waals surface area contributed by atoms with Gasteiger partial charge in [0.1, 0.15) is 12.4 Å². The average molecular weight is 416 g/mol. The van der Waals surface area contributed by atoms with E-state index in [2.05, 4.69) is 10.5 Å². The van der Waals surface area contributed by atoms with Crippen molar-refractivity contribution in [1.29, 1.82) is 0 Å². The van der Waals surface area contributed by atoms with Crippen LogP contribution in [-0.2, 0) is 6.61 Å². The molecule has 0 aliphatic carbocycles. The van der Waals surface area contributed by atoms with Crippen molar-refractivity contribution in [2.75, 3.05) is 5.43 Å². The van der Waals surface area contributed by atoms with Gasteiger partial charge in [0.2, 0.25) is 0 Å². The first kappa shape index (κ1) is 19.7. The summed E-state index contributed by atoms with van der Waals surface area (Å²) in [5.41, 5.74) is 4.99. The van der Waals surface area contributed by atoms with E-state index in [0.717, 1.165) is 11.1 Å². The first-order valence-corrected chi connectivity index (χ1v) is 8.97. The van der Waals surface area contributed by atoms with Gasteiger partial charge in [-0.2, -0.15) is 5.10 Å². The van der Waals surface area contributed by atoms with Crippen molar-refractivity contribution >= 4 is 40.8 Å². The Hall–Kier alpha value is -3.09. The van der Waals surface area contributed by atoms with Gasteiger partial charge in [-0.3, -0.25) is 15.5 Å². The van der Waals surface area contributed by atoms with Gasteiger partial charge in [-0.15, -0.1) is 0 Å². The van der Waals surface area contributed by atoms with Gasteiger partial charge in [0.05, 0.1) is 16.8 Å². The molecule has 0 aromatic heterocycles. The third-order valence-electron chi connectivity index (χ3n) is 3.75. The monoisotopic (exact) mass is 415 g/mol. The maximum absolute atomic E-state index is 10.8. The second kappa shape index (κ2) is 9.21. The van der Waals surface area contributed by atoms with Gasteiger partial charge in [0.15, 0.2) is 0 Å². The minimum Gasteiger partial charge on any atom is -0.489 e. The average Bonchev–Trinajstić information content (AvgIpc) is 2.68. The number of nitro benzene ring substituents is 1. The van der Waals surface area contributed by atoms with Crippen molar-refractivity contribution in [2.24, 2.45) is 5.10 Å². The molecule has 0 unspecified atom stereocenters. The second-order valence-corrected chi connectivity index (χ2v) is 6.61. The van der Waals surface area contributed by atoms with Gasteiger partial charge in [-0.1, -0.05) is 35.3 Å². The predicted octanol–water partition coefficient (Wildman–Crippen LogP) is 5.93. The number of halogens is 2. The van der Waals surface area contributed by atoms with Crippen LogP contribution in [0.5, 0.6) is 5.75 Å². The molecule has 0 heterocycles. The Balaban J connectivity index is 1.56. The Morgan fingerprint density at radius 1 is 1.07 bits per heavy atom. The summed E-state index contributed by atoms with van der Waals surface area (Å²) < 4.78 is 5.73. The molecule has 0 bridgehead atoms. The lowest BCUT2D eigenvalue weighted by Gasteiger charge is -2.08. The van der Waals surface area contributed by atoms with E-state index >= 15 is 0 Å². The molecule has 0 amide bonds. The van der Waals surface area contributed by atoms with Crippen molar-refractivity contribution in [3.05, 3.63) is 98.0 Å². The van der Waals surface area contributed by atoms with Crippen LogP contribution in [0.3, 0.4) is 0 Å². The van der Waals surface area contributed by atoms with Gasteiger partial charge in [0.25, 0.3) is 5.69 Å². The standard InChI is InChI=1S/C20H15Cl2N3O3/c21-16-7-6-15(20(22)10-16)13-28-19-8-4-14(5-9-19)12-23-24-17-2-1-3-18(11-17)25(26)27/h1-12,24H,13H2. The van der Waals surface area contributed by atoms with Gasteiger partial charge in [-0.05, 0) is 48.0 Å². The first-order chi connectivity index (χ1) is 13.5. The van der Waals surface area contributed by atoms with Crippen LogP contribution in [0, 0.1) is 10.1 Å². The second-order valence-electron chi connectivity index (χ2n) is 5.77. The summed E-state index contributed by atoms with van der Waals surface area (Å²) >= 11 is 12.0. The predicted molar refractivity (Wildman–Crippen MR) is 112 cm³/mol. The third kappa shape index (κ3) is 5.45. The number of ether oxygens (including phenoxy) is 1. The lowest BCUT2D eigenvalue weighted by atomic mass is 10.2. The van der Waals surface area contributed by atoms with E-state index < -0.39 is 4.92 Å². The molecule has 0 saturated heterocycles. The summed E-state index contributed by atoms with van der Waals surface area (Å²) in [5.74, 6) is 0.690. The number of hydrogen-bond acceptors (Lipinski definition) is 5. The van der Waals surface area contributed by atoms with E-state index in [-0.39, 0.29) is 5.69 Å². The van der Waals surface area contributed by atoms with Crippen molar-refractivity contribution in [1.82, 2.24) is 0 Å². The topological polar surface area (TPSA) is 76.8 Å². The van der Waals surface area contributed by atoms with Crippen LogP contribution in [0.1, 0.15) is 11.1 Å². The zero-order valence-electron chi connectivity index (χ0n) is 14.5. The SMILES string of the molecule is O=[N+]([O-])c1cccc(NN=Cc2ccc(OCc3ccc(Cl)cc3Cl)cc2)c1. The molecule has 142 valence electrons.